The fourth-order valence-corrected chi connectivity index (χ4v) is 2.88. The van der Waals surface area contributed by atoms with E-state index in [1.807, 2.05) is 51.4 Å². The summed E-state index contributed by atoms with van der Waals surface area (Å²) < 4.78 is 0. The second kappa shape index (κ2) is 7.99. The first-order chi connectivity index (χ1) is 12.4. The van der Waals surface area contributed by atoms with Crippen molar-refractivity contribution in [2.45, 2.75) is 13.5 Å². The van der Waals surface area contributed by atoms with Gasteiger partial charge in [0, 0.05) is 22.8 Å². The van der Waals surface area contributed by atoms with E-state index in [9.17, 15) is 0 Å². The SMILES string of the molecule is Cc1ccc(Cl)cc1-c1nc(Cl)nc(Nc2ccc(CN(C)C)cc2)n1. The Kier molecular flexibility index (Phi) is 5.71. The Hall–Kier alpha value is -2.21. The summed E-state index contributed by atoms with van der Waals surface area (Å²) in [6, 6.07) is 13.7. The Morgan fingerprint density at radius 3 is 2.38 bits per heavy atom. The van der Waals surface area contributed by atoms with Crippen LogP contribution in [0.15, 0.2) is 42.5 Å². The maximum atomic E-state index is 6.10. The number of halogens is 2. The number of aromatic nitrogens is 3. The molecule has 0 unspecified atom stereocenters. The molecule has 0 amide bonds. The third-order valence-electron chi connectivity index (χ3n) is 3.76. The lowest BCUT2D eigenvalue weighted by Crippen LogP contribution is -2.10. The standard InChI is InChI=1S/C19H19Cl2N5/c1-12-4-7-14(20)10-16(12)17-23-18(21)25-19(24-17)22-15-8-5-13(6-9-15)11-26(2)3/h4-10H,11H2,1-3H3,(H,22,23,24,25). The van der Waals surface area contributed by atoms with E-state index < -0.39 is 0 Å². The zero-order chi connectivity index (χ0) is 18.7. The van der Waals surface area contributed by atoms with Crippen LogP contribution in [0.1, 0.15) is 11.1 Å². The Morgan fingerprint density at radius 2 is 1.69 bits per heavy atom. The molecule has 0 aliphatic rings. The maximum absolute atomic E-state index is 6.10. The van der Waals surface area contributed by atoms with Crippen molar-refractivity contribution in [2.75, 3.05) is 19.4 Å². The molecule has 0 atom stereocenters. The summed E-state index contributed by atoms with van der Waals surface area (Å²) in [6.07, 6.45) is 0. The largest absolute Gasteiger partial charge is 0.324 e. The topological polar surface area (TPSA) is 53.9 Å². The van der Waals surface area contributed by atoms with Gasteiger partial charge in [-0.25, -0.2) is 0 Å². The van der Waals surface area contributed by atoms with Crippen LogP contribution in [-0.4, -0.2) is 33.9 Å². The number of benzene rings is 2. The minimum atomic E-state index is 0.126. The van der Waals surface area contributed by atoms with E-state index in [1.54, 1.807) is 0 Å². The van der Waals surface area contributed by atoms with Gasteiger partial charge >= 0.3 is 0 Å². The first-order valence-corrected chi connectivity index (χ1v) is 8.85. The Balaban J connectivity index is 1.87. The Labute approximate surface area is 163 Å². The van der Waals surface area contributed by atoms with E-state index >= 15 is 0 Å². The number of anilines is 2. The summed E-state index contributed by atoms with van der Waals surface area (Å²) in [6.45, 7) is 2.86. The van der Waals surface area contributed by atoms with E-state index in [1.165, 1.54) is 5.56 Å². The Morgan fingerprint density at radius 1 is 0.962 bits per heavy atom. The number of aryl methyl sites for hydroxylation is 1. The molecule has 0 radical (unpaired) electrons. The first-order valence-electron chi connectivity index (χ1n) is 8.09. The molecule has 1 heterocycles. The molecule has 0 saturated carbocycles. The number of hydrogen-bond acceptors (Lipinski definition) is 5. The normalized spacial score (nSPS) is 11.0. The molecule has 5 nitrogen and oxygen atoms in total. The smallest absolute Gasteiger partial charge is 0.232 e. The lowest BCUT2D eigenvalue weighted by molar-refractivity contribution is 0.402. The van der Waals surface area contributed by atoms with E-state index in [-0.39, 0.29) is 5.28 Å². The maximum Gasteiger partial charge on any atom is 0.232 e. The summed E-state index contributed by atoms with van der Waals surface area (Å²) in [5.41, 5.74) is 3.94. The van der Waals surface area contributed by atoms with Crippen LogP contribution in [0, 0.1) is 6.92 Å². The van der Waals surface area contributed by atoms with E-state index in [2.05, 4.69) is 37.3 Å². The molecule has 1 N–H and O–H groups in total. The number of nitrogens with one attached hydrogen (secondary N) is 1. The molecule has 1 aromatic heterocycles. The van der Waals surface area contributed by atoms with Gasteiger partial charge in [-0.3, -0.25) is 0 Å². The highest BCUT2D eigenvalue weighted by atomic mass is 35.5. The van der Waals surface area contributed by atoms with Crippen molar-refractivity contribution in [3.05, 3.63) is 63.9 Å². The van der Waals surface area contributed by atoms with Gasteiger partial charge in [-0.05, 0) is 68.0 Å². The molecule has 3 aromatic rings. The van der Waals surface area contributed by atoms with Crippen LogP contribution in [0.25, 0.3) is 11.4 Å². The summed E-state index contributed by atoms with van der Waals surface area (Å²) in [7, 11) is 4.08. The van der Waals surface area contributed by atoms with Gasteiger partial charge in [0.05, 0.1) is 0 Å². The van der Waals surface area contributed by atoms with Crippen molar-refractivity contribution in [3.8, 4) is 11.4 Å². The first kappa shape index (κ1) is 18.6. The van der Waals surface area contributed by atoms with E-state index in [0.717, 1.165) is 23.4 Å². The minimum absolute atomic E-state index is 0.126. The van der Waals surface area contributed by atoms with Crippen LogP contribution in [0.5, 0.6) is 0 Å². The lowest BCUT2D eigenvalue weighted by Gasteiger charge is -2.11. The fraction of sp³-hybridized carbons (Fsp3) is 0.211. The second-order valence-corrected chi connectivity index (χ2v) is 7.05. The molecular formula is C19H19Cl2N5. The van der Waals surface area contributed by atoms with Crippen molar-refractivity contribution in [1.29, 1.82) is 0 Å². The van der Waals surface area contributed by atoms with E-state index in [0.29, 0.717) is 16.8 Å². The lowest BCUT2D eigenvalue weighted by atomic mass is 10.1. The van der Waals surface area contributed by atoms with Gasteiger partial charge in [0.1, 0.15) is 0 Å². The van der Waals surface area contributed by atoms with Crippen molar-refractivity contribution in [1.82, 2.24) is 19.9 Å². The van der Waals surface area contributed by atoms with Crippen LogP contribution >= 0.6 is 23.2 Å². The summed E-state index contributed by atoms with van der Waals surface area (Å²) in [5, 5.41) is 3.92. The van der Waals surface area contributed by atoms with Crippen molar-refractivity contribution < 1.29 is 0 Å². The highest BCUT2D eigenvalue weighted by Gasteiger charge is 2.11. The van der Waals surface area contributed by atoms with Gasteiger partial charge in [-0.2, -0.15) is 15.0 Å². The average Bonchev–Trinajstić information content (AvgIpc) is 2.58. The van der Waals surface area contributed by atoms with Gasteiger partial charge < -0.3 is 10.2 Å². The van der Waals surface area contributed by atoms with Gasteiger partial charge in [0.25, 0.3) is 0 Å². The van der Waals surface area contributed by atoms with Crippen LogP contribution in [0.2, 0.25) is 10.3 Å². The third-order valence-corrected chi connectivity index (χ3v) is 4.16. The molecule has 0 spiro atoms. The van der Waals surface area contributed by atoms with E-state index in [4.69, 9.17) is 23.2 Å². The highest BCUT2D eigenvalue weighted by Crippen LogP contribution is 2.26. The van der Waals surface area contributed by atoms with Crippen LogP contribution in [0.3, 0.4) is 0 Å². The zero-order valence-electron chi connectivity index (χ0n) is 14.8. The van der Waals surface area contributed by atoms with Crippen molar-refractivity contribution >= 4 is 34.8 Å². The highest BCUT2D eigenvalue weighted by molar-refractivity contribution is 6.31. The summed E-state index contributed by atoms with van der Waals surface area (Å²) in [4.78, 5) is 15.0. The van der Waals surface area contributed by atoms with Crippen molar-refractivity contribution in [2.24, 2.45) is 0 Å². The van der Waals surface area contributed by atoms with Gasteiger partial charge in [-0.15, -0.1) is 0 Å². The molecule has 0 aliphatic heterocycles. The molecule has 0 aliphatic carbocycles. The zero-order valence-corrected chi connectivity index (χ0v) is 16.3. The molecule has 2 aromatic carbocycles. The average molecular weight is 388 g/mol. The van der Waals surface area contributed by atoms with Crippen LogP contribution in [-0.2, 0) is 6.54 Å². The molecule has 3 rings (SSSR count). The molecule has 0 bridgehead atoms. The monoisotopic (exact) mass is 387 g/mol. The Bertz CT molecular complexity index is 910. The quantitative estimate of drug-likeness (QED) is 0.670. The molecule has 26 heavy (non-hydrogen) atoms. The molecule has 0 fully saturated rings. The molecule has 134 valence electrons. The number of nitrogens with zero attached hydrogens (tertiary/aromatic N) is 4. The summed E-state index contributed by atoms with van der Waals surface area (Å²) >= 11 is 12.2. The van der Waals surface area contributed by atoms with Gasteiger partial charge in [0.15, 0.2) is 5.82 Å². The minimum Gasteiger partial charge on any atom is -0.324 e. The molecule has 7 heteroatoms. The molecule has 0 saturated heterocycles. The predicted octanol–water partition coefficient (Wildman–Crippen LogP) is 4.96. The number of hydrogen-bond donors (Lipinski definition) is 1. The van der Waals surface area contributed by atoms with Crippen LogP contribution < -0.4 is 5.32 Å². The fourth-order valence-electron chi connectivity index (χ4n) is 2.55. The predicted molar refractivity (Wildman–Crippen MR) is 107 cm³/mol. The van der Waals surface area contributed by atoms with Gasteiger partial charge in [0.2, 0.25) is 11.2 Å². The second-order valence-electron chi connectivity index (χ2n) is 6.27. The van der Waals surface area contributed by atoms with Crippen LogP contribution in [0.4, 0.5) is 11.6 Å². The number of rotatable bonds is 5. The van der Waals surface area contributed by atoms with Gasteiger partial charge in [-0.1, -0.05) is 29.8 Å². The third kappa shape index (κ3) is 4.69. The molecular weight excluding hydrogens is 369 g/mol. The summed E-state index contributed by atoms with van der Waals surface area (Å²) in [5.74, 6) is 0.872. The van der Waals surface area contributed by atoms with Crippen molar-refractivity contribution in [3.63, 3.8) is 0 Å².